The molecule has 0 spiro atoms. The Morgan fingerprint density at radius 1 is 1.39 bits per heavy atom. The van der Waals surface area contributed by atoms with Crippen molar-refractivity contribution in [3.8, 4) is 0 Å². The van der Waals surface area contributed by atoms with Crippen molar-refractivity contribution >= 4 is 29.0 Å². The number of hydrogen-bond acceptors (Lipinski definition) is 6. The molecule has 7 nitrogen and oxygen atoms in total. The van der Waals surface area contributed by atoms with Crippen molar-refractivity contribution in [1.82, 2.24) is 15.5 Å². The molecule has 0 saturated carbocycles. The molecule has 3 heterocycles. The fourth-order valence-corrected chi connectivity index (χ4v) is 2.90. The van der Waals surface area contributed by atoms with Crippen LogP contribution in [0.5, 0.6) is 0 Å². The van der Waals surface area contributed by atoms with E-state index in [1.54, 1.807) is 6.07 Å². The molecule has 0 bridgehead atoms. The van der Waals surface area contributed by atoms with Crippen molar-refractivity contribution in [3.63, 3.8) is 0 Å². The van der Waals surface area contributed by atoms with Crippen LogP contribution >= 0.6 is 11.6 Å². The van der Waals surface area contributed by atoms with Crippen LogP contribution in [0.2, 0.25) is 5.15 Å². The van der Waals surface area contributed by atoms with Crippen LogP contribution < -0.4 is 10.2 Å². The summed E-state index contributed by atoms with van der Waals surface area (Å²) in [5, 5.41) is 15.3. The predicted octanol–water partition coefficient (Wildman–Crippen LogP) is 1.77. The maximum Gasteiger partial charge on any atom is 0.264 e. The summed E-state index contributed by atoms with van der Waals surface area (Å²) in [6.07, 6.45) is 2.69. The number of carbonyl (C=O) groups excluding carboxylic acids is 1. The fraction of sp³-hybridized carbons (Fsp3) is 0.600. The van der Waals surface area contributed by atoms with E-state index in [-0.39, 0.29) is 11.9 Å². The van der Waals surface area contributed by atoms with Gasteiger partial charge in [0.05, 0.1) is 5.71 Å². The first-order valence-corrected chi connectivity index (χ1v) is 8.29. The van der Waals surface area contributed by atoms with Crippen LogP contribution in [0.3, 0.4) is 0 Å². The standard InChI is InChI=1S/C15H20ClN5O2/c1-2-10-9-12(23-20-10)15(22)17-11-5-7-21(8-6-11)14-4-3-13(16)18-19-14/h3-4,11-12H,2,5-9H2,1H3,(H,17,22)/t12-/m1/s1. The zero-order chi connectivity index (χ0) is 16.2. The Hall–Kier alpha value is -1.89. The summed E-state index contributed by atoms with van der Waals surface area (Å²) in [4.78, 5) is 19.5. The van der Waals surface area contributed by atoms with Gasteiger partial charge in [-0.3, -0.25) is 4.79 Å². The van der Waals surface area contributed by atoms with E-state index >= 15 is 0 Å². The van der Waals surface area contributed by atoms with Gasteiger partial charge in [0.15, 0.2) is 11.0 Å². The molecule has 1 N–H and O–H groups in total. The number of oxime groups is 1. The Morgan fingerprint density at radius 2 is 2.17 bits per heavy atom. The lowest BCUT2D eigenvalue weighted by molar-refractivity contribution is -0.132. The molecule has 124 valence electrons. The number of nitrogens with zero attached hydrogens (tertiary/aromatic N) is 4. The minimum atomic E-state index is -0.467. The number of rotatable bonds is 4. The highest BCUT2D eigenvalue weighted by atomic mass is 35.5. The molecule has 0 aliphatic carbocycles. The highest BCUT2D eigenvalue weighted by molar-refractivity contribution is 6.29. The molecule has 2 aliphatic rings. The van der Waals surface area contributed by atoms with E-state index in [0.717, 1.165) is 43.9 Å². The Bertz CT molecular complexity index is 584. The summed E-state index contributed by atoms with van der Waals surface area (Å²) >= 11 is 5.75. The minimum Gasteiger partial charge on any atom is -0.382 e. The zero-order valence-corrected chi connectivity index (χ0v) is 13.8. The number of carbonyl (C=O) groups is 1. The van der Waals surface area contributed by atoms with Crippen LogP contribution in [0.4, 0.5) is 5.82 Å². The average Bonchev–Trinajstić information content (AvgIpc) is 3.06. The molecule has 0 aromatic carbocycles. The van der Waals surface area contributed by atoms with E-state index in [1.165, 1.54) is 0 Å². The molecule has 23 heavy (non-hydrogen) atoms. The van der Waals surface area contributed by atoms with Gasteiger partial charge in [-0.2, -0.15) is 0 Å². The van der Waals surface area contributed by atoms with E-state index in [1.807, 2.05) is 13.0 Å². The number of piperidine rings is 1. The number of nitrogens with one attached hydrogen (secondary N) is 1. The highest BCUT2D eigenvalue weighted by Crippen LogP contribution is 2.19. The summed E-state index contributed by atoms with van der Waals surface area (Å²) in [7, 11) is 0. The largest absolute Gasteiger partial charge is 0.382 e. The first-order valence-electron chi connectivity index (χ1n) is 7.92. The summed E-state index contributed by atoms with van der Waals surface area (Å²) in [6.45, 7) is 3.66. The van der Waals surface area contributed by atoms with Crippen molar-refractivity contribution in [3.05, 3.63) is 17.3 Å². The lowest BCUT2D eigenvalue weighted by atomic mass is 10.0. The SMILES string of the molecule is CCC1=NO[C@@H](C(=O)NC2CCN(c3ccc(Cl)nn3)CC2)C1. The topological polar surface area (TPSA) is 79.7 Å². The van der Waals surface area contributed by atoms with Crippen LogP contribution in [-0.2, 0) is 9.63 Å². The summed E-state index contributed by atoms with van der Waals surface area (Å²) in [6, 6.07) is 3.76. The Morgan fingerprint density at radius 3 is 2.78 bits per heavy atom. The first kappa shape index (κ1) is 16.0. The van der Waals surface area contributed by atoms with Gasteiger partial charge in [0.25, 0.3) is 5.91 Å². The van der Waals surface area contributed by atoms with E-state index in [9.17, 15) is 4.79 Å². The highest BCUT2D eigenvalue weighted by Gasteiger charge is 2.30. The second kappa shape index (κ2) is 7.12. The molecule has 1 fully saturated rings. The molecule has 2 aliphatic heterocycles. The van der Waals surface area contributed by atoms with Crippen molar-refractivity contribution in [2.24, 2.45) is 5.16 Å². The van der Waals surface area contributed by atoms with Gasteiger partial charge < -0.3 is 15.1 Å². The molecule has 0 radical (unpaired) electrons. The monoisotopic (exact) mass is 337 g/mol. The molecule has 1 amide bonds. The zero-order valence-electron chi connectivity index (χ0n) is 13.0. The van der Waals surface area contributed by atoms with Crippen LogP contribution in [0.15, 0.2) is 17.3 Å². The third kappa shape index (κ3) is 3.90. The molecule has 1 aromatic heterocycles. The van der Waals surface area contributed by atoms with Gasteiger partial charge in [-0.1, -0.05) is 23.7 Å². The molecular weight excluding hydrogens is 318 g/mol. The third-order valence-electron chi connectivity index (χ3n) is 4.21. The van der Waals surface area contributed by atoms with E-state index < -0.39 is 6.10 Å². The van der Waals surface area contributed by atoms with Crippen molar-refractivity contribution in [1.29, 1.82) is 0 Å². The molecular formula is C15H20ClN5O2. The quantitative estimate of drug-likeness (QED) is 0.905. The molecule has 0 unspecified atom stereocenters. The fourth-order valence-electron chi connectivity index (χ4n) is 2.80. The molecule has 1 aromatic rings. The number of anilines is 1. The lowest BCUT2D eigenvalue weighted by Gasteiger charge is -2.33. The van der Waals surface area contributed by atoms with Gasteiger partial charge in [0, 0.05) is 25.6 Å². The maximum atomic E-state index is 12.2. The summed E-state index contributed by atoms with van der Waals surface area (Å²) in [5.74, 6) is 0.751. The van der Waals surface area contributed by atoms with E-state index in [2.05, 4.69) is 25.6 Å². The number of aromatic nitrogens is 2. The lowest BCUT2D eigenvalue weighted by Crippen LogP contribution is -2.47. The van der Waals surface area contributed by atoms with Crippen molar-refractivity contribution in [2.75, 3.05) is 18.0 Å². The molecule has 1 saturated heterocycles. The van der Waals surface area contributed by atoms with Crippen LogP contribution in [0.25, 0.3) is 0 Å². The Kier molecular flexibility index (Phi) is 4.95. The van der Waals surface area contributed by atoms with Crippen LogP contribution in [0, 0.1) is 0 Å². The summed E-state index contributed by atoms with van der Waals surface area (Å²) < 4.78 is 0. The second-order valence-electron chi connectivity index (χ2n) is 5.79. The number of halogens is 1. The Labute approximate surface area is 140 Å². The predicted molar refractivity (Wildman–Crippen MR) is 87.6 cm³/mol. The van der Waals surface area contributed by atoms with Crippen molar-refractivity contribution in [2.45, 2.75) is 44.8 Å². The molecule has 1 atom stereocenters. The van der Waals surface area contributed by atoms with E-state index in [0.29, 0.717) is 11.6 Å². The van der Waals surface area contributed by atoms with Crippen LogP contribution in [-0.4, -0.2) is 47.1 Å². The van der Waals surface area contributed by atoms with Gasteiger partial charge in [-0.25, -0.2) is 0 Å². The number of hydrogen-bond donors (Lipinski definition) is 1. The minimum absolute atomic E-state index is 0.0677. The first-order chi connectivity index (χ1) is 11.2. The van der Waals surface area contributed by atoms with Gasteiger partial charge in [0.2, 0.25) is 6.10 Å². The van der Waals surface area contributed by atoms with Gasteiger partial charge in [-0.15, -0.1) is 10.2 Å². The Balaban J connectivity index is 1.46. The van der Waals surface area contributed by atoms with Crippen molar-refractivity contribution < 1.29 is 9.63 Å². The second-order valence-corrected chi connectivity index (χ2v) is 6.18. The average molecular weight is 338 g/mol. The van der Waals surface area contributed by atoms with Gasteiger partial charge in [-0.05, 0) is 31.4 Å². The van der Waals surface area contributed by atoms with Crippen LogP contribution in [0.1, 0.15) is 32.6 Å². The van der Waals surface area contributed by atoms with Gasteiger partial charge >= 0.3 is 0 Å². The molecule has 8 heteroatoms. The normalized spacial score (nSPS) is 21.7. The number of amides is 1. The van der Waals surface area contributed by atoms with Gasteiger partial charge in [0.1, 0.15) is 0 Å². The maximum absolute atomic E-state index is 12.2. The third-order valence-corrected chi connectivity index (χ3v) is 4.42. The summed E-state index contributed by atoms with van der Waals surface area (Å²) in [5.41, 5.74) is 0.946. The smallest absolute Gasteiger partial charge is 0.264 e. The van der Waals surface area contributed by atoms with E-state index in [4.69, 9.17) is 16.4 Å². The molecule has 3 rings (SSSR count).